The van der Waals surface area contributed by atoms with Crippen molar-refractivity contribution in [3.05, 3.63) is 65.3 Å². The third-order valence-corrected chi connectivity index (χ3v) is 4.27. The lowest BCUT2D eigenvalue weighted by Gasteiger charge is -2.00. The second-order valence-corrected chi connectivity index (χ2v) is 5.61. The topological polar surface area (TPSA) is 54.4 Å². The van der Waals surface area contributed by atoms with Crippen LogP contribution in [0.2, 0.25) is 0 Å². The van der Waals surface area contributed by atoms with Gasteiger partial charge in [-0.2, -0.15) is 5.10 Å². The van der Waals surface area contributed by atoms with Crippen LogP contribution in [0.1, 0.15) is 22.2 Å². The van der Waals surface area contributed by atoms with Crippen molar-refractivity contribution in [3.63, 3.8) is 0 Å². The third-order valence-electron chi connectivity index (χ3n) is 3.05. The van der Waals surface area contributed by atoms with Gasteiger partial charge in [-0.1, -0.05) is 18.2 Å². The lowest BCUT2D eigenvalue weighted by atomic mass is 10.2. The van der Waals surface area contributed by atoms with E-state index in [9.17, 15) is 4.79 Å². The highest BCUT2D eigenvalue weighted by Gasteiger charge is 2.06. The summed E-state index contributed by atoms with van der Waals surface area (Å²) >= 11 is 1.66. The van der Waals surface area contributed by atoms with Crippen molar-refractivity contribution in [1.29, 1.82) is 0 Å². The Balaban J connectivity index is 1.78. The van der Waals surface area contributed by atoms with E-state index in [1.807, 2.05) is 19.1 Å². The Hall–Kier alpha value is -2.53. The smallest absolute Gasteiger partial charge is 0.267 e. The number of hydrogen-bond donors (Lipinski definition) is 1. The third kappa shape index (κ3) is 2.98. The predicted molar refractivity (Wildman–Crippen MR) is 85.7 cm³/mol. The van der Waals surface area contributed by atoms with Crippen LogP contribution in [-0.2, 0) is 0 Å². The molecule has 4 nitrogen and oxygen atoms in total. The van der Waals surface area contributed by atoms with E-state index in [0.29, 0.717) is 5.56 Å². The van der Waals surface area contributed by atoms with Crippen molar-refractivity contribution >= 4 is 33.0 Å². The predicted octanol–water partition coefficient (Wildman–Crippen LogP) is 3.45. The summed E-state index contributed by atoms with van der Waals surface area (Å²) in [4.78, 5) is 16.8. The molecule has 2 aromatic heterocycles. The van der Waals surface area contributed by atoms with Gasteiger partial charge in [-0.05, 0) is 36.6 Å². The largest absolute Gasteiger partial charge is 0.271 e. The van der Waals surface area contributed by atoms with Gasteiger partial charge in [-0.15, -0.1) is 11.3 Å². The van der Waals surface area contributed by atoms with Crippen LogP contribution in [0.4, 0.5) is 0 Å². The molecule has 0 saturated heterocycles. The van der Waals surface area contributed by atoms with E-state index in [1.165, 1.54) is 10.1 Å². The first kappa shape index (κ1) is 13.5. The average molecular weight is 295 g/mol. The summed E-state index contributed by atoms with van der Waals surface area (Å²) in [6.45, 7) is 1.89. The normalized spacial score (nSPS) is 11.6. The molecule has 0 radical (unpaired) electrons. The number of benzene rings is 1. The monoisotopic (exact) mass is 295 g/mol. The van der Waals surface area contributed by atoms with Crippen LogP contribution in [0.5, 0.6) is 0 Å². The van der Waals surface area contributed by atoms with Crippen LogP contribution in [0.25, 0.3) is 10.1 Å². The quantitative estimate of drug-likeness (QED) is 0.594. The maximum absolute atomic E-state index is 11.9. The van der Waals surface area contributed by atoms with Gasteiger partial charge in [-0.25, -0.2) is 5.43 Å². The molecule has 0 aliphatic heterocycles. The number of nitrogens with one attached hydrogen (secondary N) is 1. The zero-order valence-electron chi connectivity index (χ0n) is 11.4. The summed E-state index contributed by atoms with van der Waals surface area (Å²) in [6.07, 6.45) is 3.16. The first-order chi connectivity index (χ1) is 10.2. The van der Waals surface area contributed by atoms with E-state index in [4.69, 9.17) is 0 Å². The summed E-state index contributed by atoms with van der Waals surface area (Å²) < 4.78 is 1.21. The van der Waals surface area contributed by atoms with Crippen molar-refractivity contribution in [2.75, 3.05) is 0 Å². The van der Waals surface area contributed by atoms with Crippen LogP contribution in [0, 0.1) is 0 Å². The highest BCUT2D eigenvalue weighted by molar-refractivity contribution is 7.20. The van der Waals surface area contributed by atoms with Crippen LogP contribution < -0.4 is 5.43 Å². The zero-order valence-corrected chi connectivity index (χ0v) is 12.2. The standard InChI is InChI=1S/C16H13N3OS/c1-11(15-10-13-4-2-3-5-14(13)21-15)18-19-16(20)12-6-8-17-9-7-12/h2-10H,1H3,(H,19,20). The molecular formula is C16H13N3OS. The van der Waals surface area contributed by atoms with Crippen molar-refractivity contribution in [3.8, 4) is 0 Å². The van der Waals surface area contributed by atoms with Crippen molar-refractivity contribution < 1.29 is 4.79 Å². The number of carbonyl (C=O) groups is 1. The van der Waals surface area contributed by atoms with Crippen molar-refractivity contribution in [2.24, 2.45) is 5.10 Å². The summed E-state index contributed by atoms with van der Waals surface area (Å²) in [7, 11) is 0. The van der Waals surface area contributed by atoms with E-state index in [-0.39, 0.29) is 5.91 Å². The maximum Gasteiger partial charge on any atom is 0.271 e. The van der Waals surface area contributed by atoms with Gasteiger partial charge in [0, 0.05) is 22.7 Å². The molecule has 1 N–H and O–H groups in total. The fraction of sp³-hybridized carbons (Fsp3) is 0.0625. The van der Waals surface area contributed by atoms with Crippen molar-refractivity contribution in [2.45, 2.75) is 6.92 Å². The summed E-state index contributed by atoms with van der Waals surface area (Å²) in [5.41, 5.74) is 3.90. The number of fused-ring (bicyclic) bond motifs is 1. The Bertz CT molecular complexity index is 776. The number of aromatic nitrogens is 1. The summed E-state index contributed by atoms with van der Waals surface area (Å²) in [5.74, 6) is -0.238. The van der Waals surface area contributed by atoms with Gasteiger partial charge in [0.2, 0.25) is 0 Å². The minimum Gasteiger partial charge on any atom is -0.267 e. The Labute approximate surface area is 126 Å². The molecule has 2 heterocycles. The summed E-state index contributed by atoms with van der Waals surface area (Å²) in [5, 5.41) is 5.36. The van der Waals surface area contributed by atoms with Gasteiger partial charge in [0.25, 0.3) is 5.91 Å². The molecule has 1 aromatic carbocycles. The van der Waals surface area contributed by atoms with E-state index in [0.717, 1.165) is 10.6 Å². The fourth-order valence-electron chi connectivity index (χ4n) is 1.92. The molecule has 0 unspecified atom stereocenters. The van der Waals surface area contributed by atoms with Gasteiger partial charge in [0.15, 0.2) is 0 Å². The number of thiophene rings is 1. The SMILES string of the molecule is CC(=NNC(=O)c1ccncc1)c1cc2ccccc2s1. The minimum atomic E-state index is -0.238. The molecule has 104 valence electrons. The molecule has 0 atom stereocenters. The van der Waals surface area contributed by atoms with Crippen LogP contribution in [-0.4, -0.2) is 16.6 Å². The van der Waals surface area contributed by atoms with Gasteiger partial charge in [-0.3, -0.25) is 9.78 Å². The molecule has 0 spiro atoms. The number of nitrogens with zero attached hydrogens (tertiary/aromatic N) is 2. The Morgan fingerprint density at radius 3 is 2.71 bits per heavy atom. The first-order valence-electron chi connectivity index (χ1n) is 6.47. The number of hydrogen-bond acceptors (Lipinski definition) is 4. The zero-order chi connectivity index (χ0) is 14.7. The molecule has 0 bridgehead atoms. The van der Waals surface area contributed by atoms with E-state index in [2.05, 4.69) is 33.7 Å². The van der Waals surface area contributed by atoms with E-state index < -0.39 is 0 Å². The summed E-state index contributed by atoms with van der Waals surface area (Å²) in [6, 6.07) is 13.6. The van der Waals surface area contributed by atoms with Crippen LogP contribution >= 0.6 is 11.3 Å². The highest BCUT2D eigenvalue weighted by atomic mass is 32.1. The number of hydrazone groups is 1. The molecular weight excluding hydrogens is 282 g/mol. The Morgan fingerprint density at radius 2 is 1.95 bits per heavy atom. The molecule has 0 aliphatic carbocycles. The number of carbonyl (C=O) groups excluding carboxylic acids is 1. The molecule has 1 amide bonds. The second kappa shape index (κ2) is 5.85. The molecule has 5 heteroatoms. The van der Waals surface area contributed by atoms with Crippen LogP contribution in [0.15, 0.2) is 60.0 Å². The molecule has 0 saturated carbocycles. The molecule has 0 aliphatic rings. The van der Waals surface area contributed by atoms with Gasteiger partial charge in [0.1, 0.15) is 0 Å². The molecule has 0 fully saturated rings. The lowest BCUT2D eigenvalue weighted by molar-refractivity contribution is 0.0954. The number of rotatable bonds is 3. The minimum absolute atomic E-state index is 0.238. The lowest BCUT2D eigenvalue weighted by Crippen LogP contribution is -2.19. The molecule has 21 heavy (non-hydrogen) atoms. The van der Waals surface area contributed by atoms with E-state index >= 15 is 0 Å². The van der Waals surface area contributed by atoms with E-state index in [1.54, 1.807) is 35.9 Å². The maximum atomic E-state index is 11.9. The molecule has 3 rings (SSSR count). The molecule has 3 aromatic rings. The number of pyridine rings is 1. The fourth-order valence-corrected chi connectivity index (χ4v) is 2.93. The van der Waals surface area contributed by atoms with Gasteiger partial charge >= 0.3 is 0 Å². The van der Waals surface area contributed by atoms with Crippen LogP contribution in [0.3, 0.4) is 0 Å². The van der Waals surface area contributed by atoms with Crippen molar-refractivity contribution in [1.82, 2.24) is 10.4 Å². The van der Waals surface area contributed by atoms with Gasteiger partial charge in [0.05, 0.1) is 10.6 Å². The average Bonchev–Trinajstić information content (AvgIpc) is 2.97. The second-order valence-electron chi connectivity index (χ2n) is 4.52. The Morgan fingerprint density at radius 1 is 1.19 bits per heavy atom. The first-order valence-corrected chi connectivity index (χ1v) is 7.29. The Kier molecular flexibility index (Phi) is 3.75. The van der Waals surface area contributed by atoms with Gasteiger partial charge < -0.3 is 0 Å². The number of amides is 1. The highest BCUT2D eigenvalue weighted by Crippen LogP contribution is 2.25.